The maximum Gasteiger partial charge on any atom is 0.251 e. The van der Waals surface area contributed by atoms with E-state index in [2.05, 4.69) is 5.32 Å². The summed E-state index contributed by atoms with van der Waals surface area (Å²) in [6, 6.07) is 13.6. The first-order chi connectivity index (χ1) is 11.6. The van der Waals surface area contributed by atoms with Crippen LogP contribution in [0.5, 0.6) is 0 Å². The van der Waals surface area contributed by atoms with Gasteiger partial charge in [0.25, 0.3) is 5.91 Å². The molecule has 2 rings (SSSR count). The van der Waals surface area contributed by atoms with Crippen LogP contribution in [0, 0.1) is 0 Å². The molecule has 3 N–H and O–H groups in total. The highest BCUT2D eigenvalue weighted by Crippen LogP contribution is 2.15. The number of likely N-dealkylation sites (N-methyl/N-ethyl adjacent to an activating group) is 1. The van der Waals surface area contributed by atoms with Crippen LogP contribution in [0.3, 0.4) is 0 Å². The van der Waals surface area contributed by atoms with E-state index < -0.39 is 0 Å². The van der Waals surface area contributed by atoms with Gasteiger partial charge in [0, 0.05) is 25.1 Å². The lowest BCUT2D eigenvalue weighted by Crippen LogP contribution is -2.33. The maximum absolute atomic E-state index is 12.2. The Morgan fingerprint density at radius 2 is 1.83 bits per heavy atom. The number of nitrogens with one attached hydrogen (secondary N) is 2. The molecule has 0 heterocycles. The van der Waals surface area contributed by atoms with Crippen LogP contribution in [0.25, 0.3) is 10.8 Å². The van der Waals surface area contributed by atoms with Crippen molar-refractivity contribution in [1.82, 2.24) is 15.7 Å². The molecular weight excluding hydrogens is 306 g/mol. The Morgan fingerprint density at radius 3 is 2.58 bits per heavy atom. The highest BCUT2D eigenvalue weighted by molar-refractivity contribution is 5.98. The molecule has 0 atom stereocenters. The second-order valence-corrected chi connectivity index (χ2v) is 5.76. The van der Waals surface area contributed by atoms with E-state index >= 15 is 0 Å². The van der Waals surface area contributed by atoms with Crippen molar-refractivity contribution in [2.24, 2.45) is 0 Å². The van der Waals surface area contributed by atoms with E-state index in [9.17, 15) is 9.59 Å². The van der Waals surface area contributed by atoms with Crippen LogP contribution in [-0.4, -0.2) is 48.6 Å². The number of nitrogens with zero attached hydrogens (tertiary/aromatic N) is 1. The highest BCUT2D eigenvalue weighted by atomic mass is 16.5. The third kappa shape index (κ3) is 5.33. The second kappa shape index (κ2) is 9.00. The number of hydrogen-bond donors (Lipinski definition) is 3. The Bertz CT molecular complexity index is 703. The van der Waals surface area contributed by atoms with Crippen molar-refractivity contribution in [2.45, 2.75) is 12.8 Å². The summed E-state index contributed by atoms with van der Waals surface area (Å²) in [6.07, 6.45) is 0.936. The number of hydroxylamine groups is 1. The molecule has 0 aromatic heterocycles. The van der Waals surface area contributed by atoms with Gasteiger partial charge >= 0.3 is 0 Å². The monoisotopic (exact) mass is 329 g/mol. The van der Waals surface area contributed by atoms with Gasteiger partial charge in [0.05, 0.1) is 0 Å². The molecule has 0 saturated carbocycles. The summed E-state index contributed by atoms with van der Waals surface area (Å²) in [7, 11) is 1.93. The zero-order chi connectivity index (χ0) is 17.4. The molecule has 2 aromatic rings. The number of benzene rings is 2. The van der Waals surface area contributed by atoms with Crippen LogP contribution in [0.2, 0.25) is 0 Å². The maximum atomic E-state index is 12.2. The summed E-state index contributed by atoms with van der Waals surface area (Å²) in [6.45, 7) is 1.95. The molecule has 6 heteroatoms. The van der Waals surface area contributed by atoms with Crippen molar-refractivity contribution in [3.63, 3.8) is 0 Å². The first-order valence-corrected chi connectivity index (χ1v) is 7.98. The molecule has 0 spiro atoms. The predicted molar refractivity (Wildman–Crippen MR) is 92.9 cm³/mol. The number of hydrogen-bond acceptors (Lipinski definition) is 4. The third-order valence-electron chi connectivity index (χ3n) is 3.86. The van der Waals surface area contributed by atoms with Gasteiger partial charge in [-0.3, -0.25) is 14.8 Å². The van der Waals surface area contributed by atoms with Crippen LogP contribution < -0.4 is 10.8 Å². The minimum absolute atomic E-state index is 0.0891. The minimum Gasteiger partial charge on any atom is -0.351 e. The lowest BCUT2D eigenvalue weighted by Gasteiger charge is -2.16. The van der Waals surface area contributed by atoms with Crippen molar-refractivity contribution in [2.75, 3.05) is 26.7 Å². The fourth-order valence-corrected chi connectivity index (χ4v) is 2.47. The van der Waals surface area contributed by atoms with Gasteiger partial charge < -0.3 is 10.2 Å². The molecule has 0 aliphatic heterocycles. The average Bonchev–Trinajstić information content (AvgIpc) is 2.61. The summed E-state index contributed by atoms with van der Waals surface area (Å²) >= 11 is 0. The number of amides is 2. The summed E-state index contributed by atoms with van der Waals surface area (Å²) < 4.78 is 0. The molecule has 0 radical (unpaired) electrons. The predicted octanol–water partition coefficient (Wildman–Crippen LogP) is 1.79. The Morgan fingerprint density at radius 1 is 1.08 bits per heavy atom. The van der Waals surface area contributed by atoms with Gasteiger partial charge in [-0.1, -0.05) is 30.3 Å². The molecule has 128 valence electrons. The smallest absolute Gasteiger partial charge is 0.251 e. The Hall–Kier alpha value is -2.44. The minimum atomic E-state index is -0.381. The topological polar surface area (TPSA) is 81.7 Å². The fourth-order valence-electron chi connectivity index (χ4n) is 2.47. The third-order valence-corrected chi connectivity index (χ3v) is 3.86. The van der Waals surface area contributed by atoms with Gasteiger partial charge in [-0.2, -0.15) is 0 Å². The van der Waals surface area contributed by atoms with Crippen LogP contribution in [0.1, 0.15) is 23.2 Å². The van der Waals surface area contributed by atoms with Gasteiger partial charge in [0.1, 0.15) is 0 Å². The summed E-state index contributed by atoms with van der Waals surface area (Å²) in [5.74, 6) is -0.471. The molecule has 0 aliphatic rings. The number of rotatable bonds is 8. The summed E-state index contributed by atoms with van der Waals surface area (Å²) in [5.41, 5.74) is 2.26. The van der Waals surface area contributed by atoms with E-state index in [4.69, 9.17) is 5.21 Å². The molecule has 0 bridgehead atoms. The molecule has 0 saturated heterocycles. The number of fused-ring (bicyclic) bond motifs is 1. The van der Waals surface area contributed by atoms with Gasteiger partial charge in [0.2, 0.25) is 5.91 Å². The van der Waals surface area contributed by atoms with E-state index in [0.29, 0.717) is 25.1 Å². The zero-order valence-corrected chi connectivity index (χ0v) is 13.8. The van der Waals surface area contributed by atoms with E-state index in [1.165, 1.54) is 0 Å². The molecular formula is C18H23N3O3. The van der Waals surface area contributed by atoms with Gasteiger partial charge in [-0.05, 0) is 42.9 Å². The van der Waals surface area contributed by atoms with E-state index in [1.54, 1.807) is 5.48 Å². The quantitative estimate of drug-likeness (QED) is 0.509. The van der Waals surface area contributed by atoms with Crippen molar-refractivity contribution in [1.29, 1.82) is 0 Å². The summed E-state index contributed by atoms with van der Waals surface area (Å²) in [4.78, 5) is 25.1. The van der Waals surface area contributed by atoms with Gasteiger partial charge in [-0.25, -0.2) is 5.48 Å². The number of carbonyl (C=O) groups excluding carboxylic acids is 2. The average molecular weight is 329 g/mol. The highest BCUT2D eigenvalue weighted by Gasteiger charge is 2.07. The SMILES string of the molecule is CN(CCCC(=O)NO)CCNC(=O)c1ccc2ccccc2c1. The lowest BCUT2D eigenvalue weighted by molar-refractivity contribution is -0.129. The second-order valence-electron chi connectivity index (χ2n) is 5.76. The van der Waals surface area contributed by atoms with Crippen molar-refractivity contribution in [3.05, 3.63) is 48.0 Å². The van der Waals surface area contributed by atoms with Crippen molar-refractivity contribution >= 4 is 22.6 Å². The van der Waals surface area contributed by atoms with Crippen molar-refractivity contribution in [3.8, 4) is 0 Å². The van der Waals surface area contributed by atoms with E-state index in [-0.39, 0.29) is 18.2 Å². The summed E-state index contributed by atoms with van der Waals surface area (Å²) in [5, 5.41) is 13.5. The van der Waals surface area contributed by atoms with Crippen LogP contribution >= 0.6 is 0 Å². The van der Waals surface area contributed by atoms with Crippen LogP contribution in [0.15, 0.2) is 42.5 Å². The lowest BCUT2D eigenvalue weighted by atomic mass is 10.1. The molecule has 6 nitrogen and oxygen atoms in total. The normalized spacial score (nSPS) is 10.8. The standard InChI is InChI=1S/C18H23N3O3/c1-21(11-4-7-17(22)20-24)12-10-19-18(23)16-9-8-14-5-2-3-6-15(14)13-16/h2-3,5-6,8-9,13,24H,4,7,10-12H2,1H3,(H,19,23)(H,20,22). The number of carbonyl (C=O) groups is 2. The molecule has 2 aromatic carbocycles. The molecule has 0 aliphatic carbocycles. The molecule has 2 amide bonds. The van der Waals surface area contributed by atoms with E-state index in [1.807, 2.05) is 54.4 Å². The molecule has 24 heavy (non-hydrogen) atoms. The van der Waals surface area contributed by atoms with E-state index in [0.717, 1.165) is 17.3 Å². The van der Waals surface area contributed by atoms with Crippen LogP contribution in [0.4, 0.5) is 0 Å². The first kappa shape index (κ1) is 17.9. The Labute approximate surface area is 141 Å². The zero-order valence-electron chi connectivity index (χ0n) is 13.8. The Kier molecular flexibility index (Phi) is 6.72. The van der Waals surface area contributed by atoms with Gasteiger partial charge in [0.15, 0.2) is 0 Å². The first-order valence-electron chi connectivity index (χ1n) is 7.98. The Balaban J connectivity index is 1.75. The van der Waals surface area contributed by atoms with Crippen molar-refractivity contribution < 1.29 is 14.8 Å². The fraction of sp³-hybridized carbons (Fsp3) is 0.333. The molecule has 0 unspecified atom stereocenters. The van der Waals surface area contributed by atoms with Gasteiger partial charge in [-0.15, -0.1) is 0 Å². The largest absolute Gasteiger partial charge is 0.351 e. The van der Waals surface area contributed by atoms with Crippen LogP contribution in [-0.2, 0) is 4.79 Å². The molecule has 0 fully saturated rings.